The average Bonchev–Trinajstić information content (AvgIpc) is 2.71. The van der Waals surface area contributed by atoms with Crippen molar-refractivity contribution >= 4 is 17.5 Å². The molecule has 29 heavy (non-hydrogen) atoms. The van der Waals surface area contributed by atoms with Crippen LogP contribution in [0.25, 0.3) is 0 Å². The van der Waals surface area contributed by atoms with E-state index in [1.54, 1.807) is 24.3 Å². The third-order valence-corrected chi connectivity index (χ3v) is 5.62. The van der Waals surface area contributed by atoms with Crippen LogP contribution in [-0.2, 0) is 11.3 Å². The highest BCUT2D eigenvalue weighted by Gasteiger charge is 2.33. The maximum atomic E-state index is 13.2. The lowest BCUT2D eigenvalue weighted by Gasteiger charge is -2.45. The molecule has 0 aromatic heterocycles. The fourth-order valence-corrected chi connectivity index (χ4v) is 3.97. The minimum atomic E-state index is -0.219. The highest BCUT2D eigenvalue weighted by Crippen LogP contribution is 2.22. The van der Waals surface area contributed by atoms with Crippen LogP contribution >= 0.6 is 11.6 Å². The number of piperazine rings is 1. The summed E-state index contributed by atoms with van der Waals surface area (Å²) in [6, 6.07) is 14.1. The topological polar surface area (TPSA) is 32.8 Å². The summed E-state index contributed by atoms with van der Waals surface area (Å²) in [4.78, 5) is 17.2. The van der Waals surface area contributed by atoms with Crippen LogP contribution in [0, 0.1) is 5.82 Å². The Morgan fingerprint density at radius 1 is 1.14 bits per heavy atom. The summed E-state index contributed by atoms with van der Waals surface area (Å²) < 4.78 is 18.9. The number of carbonyl (C=O) groups excluding carboxylic acids is 1. The predicted octanol–water partition coefficient (Wildman–Crippen LogP) is 4.76. The Labute approximate surface area is 177 Å². The highest BCUT2D eigenvalue weighted by atomic mass is 35.5. The van der Waals surface area contributed by atoms with E-state index in [0.717, 1.165) is 31.5 Å². The molecule has 1 aliphatic rings. The van der Waals surface area contributed by atoms with Gasteiger partial charge in [0.05, 0.1) is 0 Å². The maximum absolute atomic E-state index is 13.2. The molecule has 2 aromatic rings. The minimum absolute atomic E-state index is 0.00464. The molecule has 4 nitrogen and oxygen atoms in total. The summed E-state index contributed by atoms with van der Waals surface area (Å²) in [6.07, 6.45) is 2.05. The molecule has 0 unspecified atom stereocenters. The average molecular weight is 419 g/mol. The SMILES string of the molecule is CCC[C@H]1CN(C(=O)COc2ccc(Cl)cc2)[C@H](C)CN1Cc1ccc(F)cc1. The van der Waals surface area contributed by atoms with Crippen molar-refractivity contribution in [3.8, 4) is 5.75 Å². The molecule has 0 aliphatic carbocycles. The first kappa shape index (κ1) is 21.6. The van der Waals surface area contributed by atoms with E-state index >= 15 is 0 Å². The van der Waals surface area contributed by atoms with Crippen molar-refractivity contribution in [2.75, 3.05) is 19.7 Å². The monoisotopic (exact) mass is 418 g/mol. The lowest BCUT2D eigenvalue weighted by molar-refractivity contribution is -0.140. The van der Waals surface area contributed by atoms with Gasteiger partial charge in [0.15, 0.2) is 6.61 Å². The standard InChI is InChI=1S/C23H28ClFN2O2/c1-3-4-21-15-27(23(28)16-29-22-11-7-19(24)8-12-22)17(2)13-26(21)14-18-5-9-20(25)10-6-18/h5-12,17,21H,3-4,13-16H2,1-2H3/t17-,21+/m1/s1. The molecule has 0 bridgehead atoms. The molecule has 1 fully saturated rings. The number of hydrogen-bond acceptors (Lipinski definition) is 3. The van der Waals surface area contributed by atoms with Gasteiger partial charge >= 0.3 is 0 Å². The van der Waals surface area contributed by atoms with E-state index in [0.29, 0.717) is 17.3 Å². The summed E-state index contributed by atoms with van der Waals surface area (Å²) in [7, 11) is 0. The van der Waals surface area contributed by atoms with Crippen molar-refractivity contribution in [3.05, 3.63) is 64.9 Å². The Balaban J connectivity index is 1.61. The molecule has 1 saturated heterocycles. The largest absolute Gasteiger partial charge is 0.484 e. The Kier molecular flexibility index (Phi) is 7.51. The van der Waals surface area contributed by atoms with Gasteiger partial charge in [-0.3, -0.25) is 9.69 Å². The van der Waals surface area contributed by atoms with Gasteiger partial charge in [0.2, 0.25) is 0 Å². The number of benzene rings is 2. The number of ether oxygens (including phenoxy) is 1. The Bertz CT molecular complexity index is 798. The summed E-state index contributed by atoms with van der Waals surface area (Å²) in [5, 5.41) is 0.636. The molecular formula is C23H28ClFN2O2. The molecule has 2 atom stereocenters. The molecule has 156 valence electrons. The van der Waals surface area contributed by atoms with Gasteiger partial charge in [0.1, 0.15) is 11.6 Å². The third kappa shape index (κ3) is 5.94. The molecule has 1 amide bonds. The van der Waals surface area contributed by atoms with Gasteiger partial charge in [-0.1, -0.05) is 37.1 Å². The second-order valence-corrected chi connectivity index (χ2v) is 8.07. The van der Waals surface area contributed by atoms with Crippen LogP contribution in [-0.4, -0.2) is 47.5 Å². The summed E-state index contributed by atoms with van der Waals surface area (Å²) in [6.45, 7) is 6.47. The fraction of sp³-hybridized carbons (Fsp3) is 0.435. The van der Waals surface area contributed by atoms with Crippen LogP contribution in [0.15, 0.2) is 48.5 Å². The van der Waals surface area contributed by atoms with Gasteiger partial charge < -0.3 is 9.64 Å². The quantitative estimate of drug-likeness (QED) is 0.649. The molecule has 0 spiro atoms. The minimum Gasteiger partial charge on any atom is -0.484 e. The number of carbonyl (C=O) groups is 1. The first-order valence-corrected chi connectivity index (χ1v) is 10.5. The number of halogens is 2. The maximum Gasteiger partial charge on any atom is 0.260 e. The third-order valence-electron chi connectivity index (χ3n) is 5.37. The van der Waals surface area contributed by atoms with Crippen molar-refractivity contribution in [2.24, 2.45) is 0 Å². The number of rotatable bonds is 7. The van der Waals surface area contributed by atoms with Gasteiger partial charge in [0.25, 0.3) is 5.91 Å². The first-order valence-electron chi connectivity index (χ1n) is 10.1. The number of hydrogen-bond donors (Lipinski definition) is 0. The van der Waals surface area contributed by atoms with Crippen LogP contribution in [0.3, 0.4) is 0 Å². The van der Waals surface area contributed by atoms with E-state index < -0.39 is 0 Å². The molecule has 0 saturated carbocycles. The normalized spacial score (nSPS) is 19.9. The van der Waals surface area contributed by atoms with E-state index in [1.807, 2.05) is 17.0 Å². The molecule has 0 N–H and O–H groups in total. The van der Waals surface area contributed by atoms with Crippen LogP contribution in [0.5, 0.6) is 5.75 Å². The summed E-state index contributed by atoms with van der Waals surface area (Å²) in [5.74, 6) is 0.411. The molecule has 6 heteroatoms. The van der Waals surface area contributed by atoms with Crippen LogP contribution in [0.2, 0.25) is 5.02 Å². The molecular weight excluding hydrogens is 391 g/mol. The predicted molar refractivity (Wildman–Crippen MR) is 114 cm³/mol. The fourth-order valence-electron chi connectivity index (χ4n) is 3.84. The van der Waals surface area contributed by atoms with Gasteiger partial charge in [-0.25, -0.2) is 4.39 Å². The number of nitrogens with zero attached hydrogens (tertiary/aromatic N) is 2. The van der Waals surface area contributed by atoms with E-state index in [9.17, 15) is 9.18 Å². The van der Waals surface area contributed by atoms with Gasteiger partial charge in [-0.15, -0.1) is 0 Å². The van der Waals surface area contributed by atoms with Crippen molar-refractivity contribution in [1.29, 1.82) is 0 Å². The van der Waals surface area contributed by atoms with Gasteiger partial charge in [-0.2, -0.15) is 0 Å². The lowest BCUT2D eigenvalue weighted by atomic mass is 10.0. The van der Waals surface area contributed by atoms with E-state index in [2.05, 4.69) is 18.7 Å². The molecule has 0 radical (unpaired) electrons. The summed E-state index contributed by atoms with van der Waals surface area (Å²) in [5.41, 5.74) is 1.09. The highest BCUT2D eigenvalue weighted by molar-refractivity contribution is 6.30. The first-order chi connectivity index (χ1) is 14.0. The van der Waals surface area contributed by atoms with Crippen molar-refractivity contribution in [2.45, 2.75) is 45.3 Å². The second kappa shape index (κ2) is 10.1. The van der Waals surface area contributed by atoms with Crippen molar-refractivity contribution in [1.82, 2.24) is 9.80 Å². The Hall–Kier alpha value is -2.11. The molecule has 1 heterocycles. The number of amides is 1. The van der Waals surface area contributed by atoms with Crippen LogP contribution < -0.4 is 4.74 Å². The Morgan fingerprint density at radius 3 is 2.48 bits per heavy atom. The van der Waals surface area contributed by atoms with E-state index in [1.165, 1.54) is 12.1 Å². The van der Waals surface area contributed by atoms with Crippen molar-refractivity contribution < 1.29 is 13.9 Å². The second-order valence-electron chi connectivity index (χ2n) is 7.64. The van der Waals surface area contributed by atoms with Crippen LogP contribution in [0.4, 0.5) is 4.39 Å². The lowest BCUT2D eigenvalue weighted by Crippen LogP contribution is -2.59. The molecule has 3 rings (SSSR count). The summed E-state index contributed by atoms with van der Waals surface area (Å²) >= 11 is 5.89. The van der Waals surface area contributed by atoms with E-state index in [-0.39, 0.29) is 30.4 Å². The van der Waals surface area contributed by atoms with Gasteiger partial charge in [0, 0.05) is 36.7 Å². The van der Waals surface area contributed by atoms with Gasteiger partial charge in [-0.05, 0) is 55.3 Å². The Morgan fingerprint density at radius 2 is 1.83 bits per heavy atom. The zero-order valence-electron chi connectivity index (χ0n) is 17.0. The van der Waals surface area contributed by atoms with E-state index in [4.69, 9.17) is 16.3 Å². The zero-order valence-corrected chi connectivity index (χ0v) is 17.7. The van der Waals surface area contributed by atoms with Crippen LogP contribution in [0.1, 0.15) is 32.3 Å². The van der Waals surface area contributed by atoms with Crippen molar-refractivity contribution in [3.63, 3.8) is 0 Å². The molecule has 2 aromatic carbocycles. The zero-order chi connectivity index (χ0) is 20.8. The smallest absolute Gasteiger partial charge is 0.260 e. The molecule has 1 aliphatic heterocycles.